The number of aryl methyl sites for hydroxylation is 1. The molecule has 1 atom stereocenters. The number of hydrogen-bond donors (Lipinski definition) is 2. The van der Waals surface area contributed by atoms with E-state index in [4.69, 9.17) is 5.26 Å². The van der Waals surface area contributed by atoms with Crippen LogP contribution in [0.4, 0.5) is 16.2 Å². The quantitative estimate of drug-likeness (QED) is 0.617. The fourth-order valence-electron chi connectivity index (χ4n) is 3.61. The summed E-state index contributed by atoms with van der Waals surface area (Å²) < 4.78 is 0. The second kappa shape index (κ2) is 9.02. The van der Waals surface area contributed by atoms with Crippen molar-refractivity contribution in [1.82, 2.24) is 5.32 Å². The monoisotopic (exact) mass is 430 g/mol. The van der Waals surface area contributed by atoms with E-state index in [9.17, 15) is 9.59 Å². The third-order valence-electron chi connectivity index (χ3n) is 5.28. The summed E-state index contributed by atoms with van der Waals surface area (Å²) in [6.45, 7) is 2.60. The van der Waals surface area contributed by atoms with Crippen LogP contribution in [0.1, 0.15) is 23.3 Å². The molecular formula is C24H22N4O2S. The van der Waals surface area contributed by atoms with E-state index >= 15 is 0 Å². The van der Waals surface area contributed by atoms with E-state index in [1.54, 1.807) is 4.90 Å². The lowest BCUT2D eigenvalue weighted by atomic mass is 10.0. The van der Waals surface area contributed by atoms with Gasteiger partial charge in [0.05, 0.1) is 0 Å². The second-order valence-electron chi connectivity index (χ2n) is 7.51. The van der Waals surface area contributed by atoms with Crippen molar-refractivity contribution in [2.24, 2.45) is 0 Å². The van der Waals surface area contributed by atoms with Crippen LogP contribution in [-0.2, 0) is 4.79 Å². The minimum Gasteiger partial charge on any atom is -0.326 e. The number of thiophene rings is 1. The zero-order valence-electron chi connectivity index (χ0n) is 17.1. The Balaban J connectivity index is 1.41. The highest BCUT2D eigenvalue weighted by molar-refractivity contribution is 7.10. The molecule has 0 radical (unpaired) electrons. The van der Waals surface area contributed by atoms with Crippen molar-refractivity contribution in [3.05, 3.63) is 70.4 Å². The van der Waals surface area contributed by atoms with E-state index in [1.807, 2.05) is 66.9 Å². The predicted molar refractivity (Wildman–Crippen MR) is 123 cm³/mol. The van der Waals surface area contributed by atoms with Crippen molar-refractivity contribution in [2.45, 2.75) is 25.8 Å². The summed E-state index contributed by atoms with van der Waals surface area (Å²) in [5, 5.41) is 16.5. The lowest BCUT2D eigenvalue weighted by Crippen LogP contribution is -2.53. The van der Waals surface area contributed by atoms with Gasteiger partial charge in [-0.25, -0.2) is 4.79 Å². The molecule has 1 fully saturated rings. The van der Waals surface area contributed by atoms with Gasteiger partial charge >= 0.3 is 6.03 Å². The number of piperidine rings is 1. The van der Waals surface area contributed by atoms with Gasteiger partial charge < -0.3 is 15.5 Å². The van der Waals surface area contributed by atoms with E-state index in [1.165, 1.54) is 11.3 Å². The summed E-state index contributed by atoms with van der Waals surface area (Å²) in [5.74, 6) is -0.111. The highest BCUT2D eigenvalue weighted by Gasteiger charge is 2.30. The summed E-state index contributed by atoms with van der Waals surface area (Å²) in [5.41, 5.74) is 4.59. The molecule has 1 aromatic heterocycles. The first kappa shape index (κ1) is 20.6. The highest BCUT2D eigenvalue weighted by Crippen LogP contribution is 2.28. The third-order valence-corrected chi connectivity index (χ3v) is 6.11. The molecule has 6 nitrogen and oxygen atoms in total. The second-order valence-corrected chi connectivity index (χ2v) is 8.42. The van der Waals surface area contributed by atoms with Gasteiger partial charge in [0.1, 0.15) is 17.0 Å². The van der Waals surface area contributed by atoms with Gasteiger partial charge in [-0.05, 0) is 66.6 Å². The van der Waals surface area contributed by atoms with Crippen molar-refractivity contribution in [3.63, 3.8) is 0 Å². The number of benzene rings is 2. The lowest BCUT2D eigenvalue weighted by molar-refractivity contribution is -0.121. The molecule has 31 heavy (non-hydrogen) atoms. The van der Waals surface area contributed by atoms with Crippen molar-refractivity contribution in [2.75, 3.05) is 16.8 Å². The number of hydrogen-bond acceptors (Lipinski definition) is 4. The molecule has 4 rings (SSSR count). The Morgan fingerprint density at radius 1 is 1.13 bits per heavy atom. The van der Waals surface area contributed by atoms with Crippen LogP contribution in [0, 0.1) is 18.3 Å². The van der Waals surface area contributed by atoms with E-state index in [2.05, 4.69) is 16.7 Å². The standard InChI is InChI=1S/C24H22N4O2S/c1-16-4-8-19(9-5-16)26-24(30)27-22-3-2-12-28(23(22)29)20-10-6-17(7-11-20)18-13-21(14-25)31-15-18/h4-11,13,15,22H,2-3,12H2,1H3,(H2,26,27,30)/t22-/m1/s1. The Hall–Kier alpha value is -3.63. The van der Waals surface area contributed by atoms with E-state index in [0.717, 1.165) is 28.8 Å². The zero-order chi connectivity index (χ0) is 21.8. The van der Waals surface area contributed by atoms with E-state index < -0.39 is 6.04 Å². The molecule has 0 aliphatic carbocycles. The zero-order valence-corrected chi connectivity index (χ0v) is 17.9. The Labute approximate surface area is 185 Å². The Bertz CT molecular complexity index is 1130. The van der Waals surface area contributed by atoms with Gasteiger partial charge in [0, 0.05) is 17.9 Å². The maximum Gasteiger partial charge on any atom is 0.319 e. The number of anilines is 2. The summed E-state index contributed by atoms with van der Waals surface area (Å²) in [6, 6.07) is 18.3. The predicted octanol–water partition coefficient (Wildman–Crippen LogP) is 4.91. The molecule has 2 N–H and O–H groups in total. The number of amides is 3. The highest BCUT2D eigenvalue weighted by atomic mass is 32.1. The molecule has 0 bridgehead atoms. The van der Waals surface area contributed by atoms with Crippen LogP contribution < -0.4 is 15.5 Å². The lowest BCUT2D eigenvalue weighted by Gasteiger charge is -2.32. The molecule has 2 aromatic carbocycles. The molecule has 7 heteroatoms. The molecule has 0 unspecified atom stereocenters. The van der Waals surface area contributed by atoms with Crippen LogP contribution in [0.3, 0.4) is 0 Å². The number of urea groups is 1. The van der Waals surface area contributed by atoms with Gasteiger partial charge in [-0.15, -0.1) is 11.3 Å². The summed E-state index contributed by atoms with van der Waals surface area (Å²) >= 11 is 1.41. The number of nitrogens with zero attached hydrogens (tertiary/aromatic N) is 2. The Kier molecular flexibility index (Phi) is 6.01. The molecular weight excluding hydrogens is 408 g/mol. The fourth-order valence-corrected chi connectivity index (χ4v) is 4.31. The minimum absolute atomic E-state index is 0.111. The van der Waals surface area contributed by atoms with Crippen molar-refractivity contribution in [1.29, 1.82) is 5.26 Å². The third kappa shape index (κ3) is 4.76. The molecule has 0 spiro atoms. The van der Waals surface area contributed by atoms with Gasteiger partial charge in [-0.1, -0.05) is 29.8 Å². The molecule has 3 amide bonds. The topological polar surface area (TPSA) is 85.2 Å². The van der Waals surface area contributed by atoms with Crippen LogP contribution >= 0.6 is 11.3 Å². The van der Waals surface area contributed by atoms with E-state index in [0.29, 0.717) is 23.5 Å². The summed E-state index contributed by atoms with van der Waals surface area (Å²) in [4.78, 5) is 27.8. The van der Waals surface area contributed by atoms with E-state index in [-0.39, 0.29) is 11.9 Å². The van der Waals surface area contributed by atoms with Gasteiger partial charge in [0.15, 0.2) is 0 Å². The summed E-state index contributed by atoms with van der Waals surface area (Å²) in [6.07, 6.45) is 1.42. The molecule has 0 saturated carbocycles. The first-order valence-corrected chi connectivity index (χ1v) is 11.0. The van der Waals surface area contributed by atoms with Crippen LogP contribution in [0.15, 0.2) is 60.0 Å². The number of nitriles is 1. The normalized spacial score (nSPS) is 15.9. The summed E-state index contributed by atoms with van der Waals surface area (Å²) in [7, 11) is 0. The van der Waals surface area contributed by atoms with Gasteiger partial charge in [0.2, 0.25) is 5.91 Å². The molecule has 1 aliphatic rings. The SMILES string of the molecule is Cc1ccc(NC(=O)N[C@@H]2CCCN(c3ccc(-c4csc(C#N)c4)cc3)C2=O)cc1. The average molecular weight is 431 g/mol. The van der Waals surface area contributed by atoms with Gasteiger partial charge in [-0.3, -0.25) is 4.79 Å². The van der Waals surface area contributed by atoms with Crippen molar-refractivity contribution >= 4 is 34.6 Å². The average Bonchev–Trinajstić information content (AvgIpc) is 3.26. The Morgan fingerprint density at radius 3 is 2.55 bits per heavy atom. The first-order chi connectivity index (χ1) is 15.0. The maximum absolute atomic E-state index is 13.0. The largest absolute Gasteiger partial charge is 0.326 e. The smallest absolute Gasteiger partial charge is 0.319 e. The Morgan fingerprint density at radius 2 is 1.87 bits per heavy atom. The van der Waals surface area contributed by atoms with Crippen molar-refractivity contribution < 1.29 is 9.59 Å². The number of carbonyl (C=O) groups is 2. The molecule has 1 aliphatic heterocycles. The number of rotatable bonds is 4. The van der Waals surface area contributed by atoms with Crippen LogP contribution in [0.2, 0.25) is 0 Å². The molecule has 156 valence electrons. The first-order valence-electron chi connectivity index (χ1n) is 10.1. The van der Waals surface area contributed by atoms with Gasteiger partial charge in [-0.2, -0.15) is 5.26 Å². The fraction of sp³-hybridized carbons (Fsp3) is 0.208. The minimum atomic E-state index is -0.561. The van der Waals surface area contributed by atoms with Crippen LogP contribution in [0.5, 0.6) is 0 Å². The van der Waals surface area contributed by atoms with Crippen LogP contribution in [-0.4, -0.2) is 24.5 Å². The number of nitrogens with one attached hydrogen (secondary N) is 2. The molecule has 2 heterocycles. The number of carbonyl (C=O) groups excluding carboxylic acids is 2. The maximum atomic E-state index is 13.0. The molecule has 3 aromatic rings. The molecule has 1 saturated heterocycles. The van der Waals surface area contributed by atoms with Gasteiger partial charge in [0.25, 0.3) is 0 Å². The van der Waals surface area contributed by atoms with Crippen molar-refractivity contribution in [3.8, 4) is 17.2 Å². The van der Waals surface area contributed by atoms with Crippen LogP contribution in [0.25, 0.3) is 11.1 Å².